The molecule has 1 aliphatic rings. The summed E-state index contributed by atoms with van der Waals surface area (Å²) in [5, 5.41) is 16.0. The first-order valence-corrected chi connectivity index (χ1v) is 8.43. The minimum atomic E-state index is -0.0440. The lowest BCUT2D eigenvalue weighted by Crippen LogP contribution is -2.29. The largest absolute Gasteiger partial charge is 0.491 e. The monoisotopic (exact) mass is 324 g/mol. The van der Waals surface area contributed by atoms with Gasteiger partial charge in [0.2, 0.25) is 5.95 Å². The molecule has 7 nitrogen and oxygen atoms in total. The lowest BCUT2D eigenvalue weighted by molar-refractivity contribution is 0.0338. The number of aliphatic hydroxyl groups is 1. The highest BCUT2D eigenvalue weighted by atomic mass is 16.5. The molecule has 1 saturated heterocycles. The van der Waals surface area contributed by atoms with Crippen LogP contribution in [-0.4, -0.2) is 47.7 Å². The highest BCUT2D eigenvalue weighted by molar-refractivity contribution is 5.52. The first-order chi connectivity index (χ1) is 11.3. The van der Waals surface area contributed by atoms with Gasteiger partial charge in [-0.1, -0.05) is 19.8 Å². The van der Waals surface area contributed by atoms with Gasteiger partial charge in [0, 0.05) is 6.61 Å². The van der Waals surface area contributed by atoms with Crippen molar-refractivity contribution < 1.29 is 14.6 Å². The summed E-state index contributed by atoms with van der Waals surface area (Å²) >= 11 is 0. The summed E-state index contributed by atoms with van der Waals surface area (Å²) in [6.45, 7) is 2.95. The smallest absolute Gasteiger partial charge is 0.226 e. The number of nitrogens with one attached hydrogen (secondary N) is 2. The molecule has 2 unspecified atom stereocenters. The fraction of sp³-hybridized carbons (Fsp3) is 0.750. The van der Waals surface area contributed by atoms with Crippen molar-refractivity contribution in [2.75, 3.05) is 31.0 Å². The molecule has 130 valence electrons. The van der Waals surface area contributed by atoms with Crippen molar-refractivity contribution in [2.24, 2.45) is 0 Å². The molecule has 1 fully saturated rings. The molecule has 7 heteroatoms. The van der Waals surface area contributed by atoms with Crippen LogP contribution in [0.5, 0.6) is 5.75 Å². The summed E-state index contributed by atoms with van der Waals surface area (Å²) in [6, 6.07) is -0.0440. The van der Waals surface area contributed by atoms with Crippen LogP contribution < -0.4 is 15.4 Å². The Balaban J connectivity index is 2.04. The van der Waals surface area contributed by atoms with E-state index in [0.29, 0.717) is 17.5 Å². The van der Waals surface area contributed by atoms with E-state index in [2.05, 4.69) is 27.5 Å². The molecule has 1 aromatic heterocycles. The van der Waals surface area contributed by atoms with Gasteiger partial charge in [-0.15, -0.1) is 0 Å². The molecular formula is C16H28N4O3. The maximum absolute atomic E-state index is 9.53. The van der Waals surface area contributed by atoms with E-state index in [0.717, 1.165) is 45.1 Å². The molecule has 0 radical (unpaired) electrons. The van der Waals surface area contributed by atoms with E-state index < -0.39 is 0 Å². The third-order valence-electron chi connectivity index (χ3n) is 3.91. The van der Waals surface area contributed by atoms with Gasteiger partial charge in [-0.25, -0.2) is 4.98 Å². The van der Waals surface area contributed by atoms with Crippen molar-refractivity contribution in [3.8, 4) is 5.75 Å². The quantitative estimate of drug-likeness (QED) is 0.642. The number of hydrogen-bond acceptors (Lipinski definition) is 7. The number of hydrogen-bond donors (Lipinski definition) is 3. The SMILES string of the molecule is CCCCC(CO)Nc1nc(NC2CCCCO2)ncc1OC. The average molecular weight is 324 g/mol. The number of anilines is 2. The van der Waals surface area contributed by atoms with E-state index in [9.17, 15) is 5.11 Å². The van der Waals surface area contributed by atoms with Gasteiger partial charge >= 0.3 is 0 Å². The van der Waals surface area contributed by atoms with Gasteiger partial charge in [-0.3, -0.25) is 0 Å². The molecule has 23 heavy (non-hydrogen) atoms. The zero-order chi connectivity index (χ0) is 16.5. The average Bonchev–Trinajstić information content (AvgIpc) is 2.59. The van der Waals surface area contributed by atoms with Crippen LogP contribution in [-0.2, 0) is 4.74 Å². The summed E-state index contributed by atoms with van der Waals surface area (Å²) in [7, 11) is 1.58. The van der Waals surface area contributed by atoms with Crippen molar-refractivity contribution in [1.29, 1.82) is 0 Å². The van der Waals surface area contributed by atoms with E-state index in [1.807, 2.05) is 0 Å². The third-order valence-corrected chi connectivity index (χ3v) is 3.91. The van der Waals surface area contributed by atoms with Gasteiger partial charge in [0.15, 0.2) is 11.6 Å². The molecule has 3 N–H and O–H groups in total. The number of rotatable bonds is 9. The predicted molar refractivity (Wildman–Crippen MR) is 89.8 cm³/mol. The molecule has 0 bridgehead atoms. The van der Waals surface area contributed by atoms with Crippen molar-refractivity contribution >= 4 is 11.8 Å². The van der Waals surface area contributed by atoms with Crippen LogP contribution in [0.15, 0.2) is 6.20 Å². The van der Waals surface area contributed by atoms with Crippen LogP contribution in [0.3, 0.4) is 0 Å². The highest BCUT2D eigenvalue weighted by Gasteiger charge is 2.17. The number of ether oxygens (including phenoxy) is 2. The summed E-state index contributed by atoms with van der Waals surface area (Å²) in [6.07, 6.45) is 7.81. The first kappa shape index (κ1) is 17.7. The van der Waals surface area contributed by atoms with E-state index in [1.54, 1.807) is 13.3 Å². The highest BCUT2D eigenvalue weighted by Crippen LogP contribution is 2.24. The summed E-state index contributed by atoms with van der Waals surface area (Å²) in [5.74, 6) is 1.67. The Morgan fingerprint density at radius 3 is 3.00 bits per heavy atom. The van der Waals surface area contributed by atoms with Crippen LogP contribution in [0.4, 0.5) is 11.8 Å². The Morgan fingerprint density at radius 1 is 1.48 bits per heavy atom. The number of aromatic nitrogens is 2. The Kier molecular flexibility index (Phi) is 7.35. The minimum Gasteiger partial charge on any atom is -0.491 e. The molecule has 1 aliphatic heterocycles. The van der Waals surface area contributed by atoms with E-state index in [1.165, 1.54) is 0 Å². The molecule has 0 aliphatic carbocycles. The van der Waals surface area contributed by atoms with Crippen LogP contribution in [0.2, 0.25) is 0 Å². The molecule has 2 atom stereocenters. The number of methoxy groups -OCH3 is 1. The molecule has 2 heterocycles. The maximum Gasteiger partial charge on any atom is 0.226 e. The van der Waals surface area contributed by atoms with Gasteiger partial charge in [-0.2, -0.15) is 4.98 Å². The van der Waals surface area contributed by atoms with Gasteiger partial charge < -0.3 is 25.2 Å². The zero-order valence-corrected chi connectivity index (χ0v) is 14.0. The second-order valence-electron chi connectivity index (χ2n) is 5.78. The molecule has 0 amide bonds. The molecular weight excluding hydrogens is 296 g/mol. The molecule has 2 rings (SSSR count). The second-order valence-corrected chi connectivity index (χ2v) is 5.78. The lowest BCUT2D eigenvalue weighted by Gasteiger charge is -2.24. The molecule has 1 aromatic rings. The normalized spacial score (nSPS) is 19.2. The lowest BCUT2D eigenvalue weighted by atomic mass is 10.1. The Labute approximate surface area is 137 Å². The second kappa shape index (κ2) is 9.52. The van der Waals surface area contributed by atoms with Crippen LogP contribution in [0.1, 0.15) is 45.4 Å². The number of unbranched alkanes of at least 4 members (excludes halogenated alkanes) is 1. The fourth-order valence-electron chi connectivity index (χ4n) is 2.54. The molecule has 0 saturated carbocycles. The first-order valence-electron chi connectivity index (χ1n) is 8.43. The Morgan fingerprint density at radius 2 is 2.35 bits per heavy atom. The van der Waals surface area contributed by atoms with Gasteiger partial charge in [0.1, 0.15) is 6.23 Å². The Bertz CT molecular complexity index is 467. The number of aliphatic hydroxyl groups excluding tert-OH is 1. The van der Waals surface area contributed by atoms with Crippen molar-refractivity contribution in [3.63, 3.8) is 0 Å². The summed E-state index contributed by atoms with van der Waals surface area (Å²) in [5.41, 5.74) is 0. The van der Waals surface area contributed by atoms with Gasteiger partial charge in [0.25, 0.3) is 0 Å². The van der Waals surface area contributed by atoms with E-state index in [4.69, 9.17) is 9.47 Å². The Hall–Kier alpha value is -1.60. The van der Waals surface area contributed by atoms with Crippen molar-refractivity contribution in [3.05, 3.63) is 6.20 Å². The van der Waals surface area contributed by atoms with Crippen LogP contribution >= 0.6 is 0 Å². The van der Waals surface area contributed by atoms with Crippen molar-refractivity contribution in [1.82, 2.24) is 9.97 Å². The standard InChI is InChI=1S/C16H28N4O3/c1-3-4-7-12(11-21)18-15-13(22-2)10-17-16(20-15)19-14-8-5-6-9-23-14/h10,12,14,21H,3-9,11H2,1-2H3,(H2,17,18,19,20). The maximum atomic E-state index is 9.53. The third kappa shape index (κ3) is 5.51. The van der Waals surface area contributed by atoms with Crippen LogP contribution in [0.25, 0.3) is 0 Å². The van der Waals surface area contributed by atoms with E-state index >= 15 is 0 Å². The molecule has 0 spiro atoms. The summed E-state index contributed by atoms with van der Waals surface area (Å²) < 4.78 is 11.0. The van der Waals surface area contributed by atoms with Gasteiger partial charge in [-0.05, 0) is 25.7 Å². The molecule has 0 aromatic carbocycles. The summed E-state index contributed by atoms with van der Waals surface area (Å²) in [4.78, 5) is 8.75. The number of nitrogens with zero attached hydrogens (tertiary/aromatic N) is 2. The van der Waals surface area contributed by atoms with E-state index in [-0.39, 0.29) is 18.9 Å². The topological polar surface area (TPSA) is 88.5 Å². The minimum absolute atomic E-state index is 0.0428. The predicted octanol–water partition coefficient (Wildman–Crippen LogP) is 2.39. The van der Waals surface area contributed by atoms with Crippen LogP contribution in [0, 0.1) is 0 Å². The van der Waals surface area contributed by atoms with Crippen molar-refractivity contribution in [2.45, 2.75) is 57.7 Å². The van der Waals surface area contributed by atoms with Gasteiger partial charge in [0.05, 0.1) is 26.0 Å². The zero-order valence-electron chi connectivity index (χ0n) is 14.0. The fourth-order valence-corrected chi connectivity index (χ4v) is 2.54.